The number of aryl methyl sites for hydroxylation is 1. The Morgan fingerprint density at radius 3 is 2.89 bits per heavy atom. The van der Waals surface area contributed by atoms with Crippen LogP contribution in [0.5, 0.6) is 0 Å². The summed E-state index contributed by atoms with van der Waals surface area (Å²) in [5.41, 5.74) is 9.73. The Kier molecular flexibility index (Phi) is 2.78. The quantitative estimate of drug-likeness (QED) is 0.827. The molecule has 2 aliphatic rings. The van der Waals surface area contributed by atoms with Crippen molar-refractivity contribution >= 4 is 17.6 Å². The fraction of sp³-hybridized carbons (Fsp3) is 0.429. The molecule has 1 aromatic carbocycles. The van der Waals surface area contributed by atoms with Crippen LogP contribution in [0.25, 0.3) is 0 Å². The fourth-order valence-corrected chi connectivity index (χ4v) is 3.01. The van der Waals surface area contributed by atoms with E-state index < -0.39 is 12.0 Å². The Hall–Kier alpha value is -1.88. The number of anilines is 1. The first kappa shape index (κ1) is 12.2. The van der Waals surface area contributed by atoms with Gasteiger partial charge in [-0.3, -0.25) is 9.59 Å². The number of hydrogen-bond acceptors (Lipinski definition) is 3. The average molecular weight is 260 g/mol. The van der Waals surface area contributed by atoms with E-state index in [4.69, 9.17) is 10.8 Å². The van der Waals surface area contributed by atoms with E-state index in [1.54, 1.807) is 0 Å². The summed E-state index contributed by atoms with van der Waals surface area (Å²) in [6, 6.07) is 3.05. The predicted molar refractivity (Wildman–Crippen MR) is 70.1 cm³/mol. The van der Waals surface area contributed by atoms with E-state index in [-0.39, 0.29) is 5.91 Å². The van der Waals surface area contributed by atoms with Crippen molar-refractivity contribution < 1.29 is 14.7 Å². The number of carbonyl (C=O) groups excluding carboxylic acids is 1. The highest BCUT2D eigenvalue weighted by Gasteiger charge is 2.32. The summed E-state index contributed by atoms with van der Waals surface area (Å²) >= 11 is 0. The zero-order valence-corrected chi connectivity index (χ0v) is 10.6. The summed E-state index contributed by atoms with van der Waals surface area (Å²) in [6.07, 6.45) is 2.65. The number of carboxylic acids is 1. The van der Waals surface area contributed by atoms with Crippen molar-refractivity contribution in [3.05, 3.63) is 28.8 Å². The number of benzene rings is 1. The molecule has 5 heteroatoms. The maximum atomic E-state index is 11.9. The molecule has 100 valence electrons. The van der Waals surface area contributed by atoms with Gasteiger partial charge in [0.25, 0.3) is 0 Å². The Bertz CT molecular complexity index is 568. The van der Waals surface area contributed by atoms with Crippen molar-refractivity contribution in [3.63, 3.8) is 0 Å². The molecule has 2 aliphatic heterocycles. The molecule has 2 heterocycles. The smallest absolute Gasteiger partial charge is 0.320 e. The topological polar surface area (TPSA) is 83.6 Å². The van der Waals surface area contributed by atoms with Crippen LogP contribution in [0.2, 0.25) is 0 Å². The molecule has 1 aromatic rings. The molecule has 0 fully saturated rings. The maximum absolute atomic E-state index is 11.9. The van der Waals surface area contributed by atoms with Crippen molar-refractivity contribution in [2.75, 3.05) is 11.4 Å². The molecule has 0 radical (unpaired) electrons. The molecule has 0 aliphatic carbocycles. The van der Waals surface area contributed by atoms with E-state index in [1.807, 2.05) is 17.0 Å². The molecule has 0 bridgehead atoms. The van der Waals surface area contributed by atoms with Crippen molar-refractivity contribution in [2.24, 2.45) is 5.73 Å². The minimum atomic E-state index is -0.994. The van der Waals surface area contributed by atoms with Gasteiger partial charge in [-0.1, -0.05) is 12.1 Å². The number of amides is 1. The highest BCUT2D eigenvalue weighted by Crippen LogP contribution is 2.37. The first-order valence-corrected chi connectivity index (χ1v) is 6.49. The van der Waals surface area contributed by atoms with Crippen LogP contribution in [0.3, 0.4) is 0 Å². The van der Waals surface area contributed by atoms with Crippen LogP contribution in [0.1, 0.15) is 23.1 Å². The molecule has 0 saturated carbocycles. The number of carboxylic acid groups (broad SMARTS) is 1. The number of aliphatic carboxylic acids is 1. The second kappa shape index (κ2) is 4.35. The molecule has 3 rings (SSSR count). The van der Waals surface area contributed by atoms with Crippen molar-refractivity contribution in [2.45, 2.75) is 31.7 Å². The number of carbonyl (C=O) groups is 2. The molecule has 1 unspecified atom stereocenters. The van der Waals surface area contributed by atoms with Crippen LogP contribution < -0.4 is 10.6 Å². The van der Waals surface area contributed by atoms with E-state index >= 15 is 0 Å². The van der Waals surface area contributed by atoms with Crippen LogP contribution in [0.4, 0.5) is 5.69 Å². The van der Waals surface area contributed by atoms with Crippen LogP contribution in [0.15, 0.2) is 12.1 Å². The molecular formula is C14H16N2O3. The van der Waals surface area contributed by atoms with Crippen LogP contribution in [-0.2, 0) is 28.9 Å². The average Bonchev–Trinajstić information content (AvgIpc) is 2.68. The summed E-state index contributed by atoms with van der Waals surface area (Å²) in [4.78, 5) is 24.6. The van der Waals surface area contributed by atoms with Gasteiger partial charge in [0, 0.05) is 6.54 Å². The fourth-order valence-electron chi connectivity index (χ4n) is 3.01. The molecule has 0 spiro atoms. The minimum absolute atomic E-state index is 0.149. The predicted octanol–water partition coefficient (Wildman–Crippen LogP) is 0.476. The van der Waals surface area contributed by atoms with Crippen LogP contribution >= 0.6 is 0 Å². The Balaban J connectivity index is 1.97. The van der Waals surface area contributed by atoms with Gasteiger partial charge >= 0.3 is 5.97 Å². The van der Waals surface area contributed by atoms with Gasteiger partial charge in [-0.2, -0.15) is 0 Å². The first-order valence-electron chi connectivity index (χ1n) is 6.49. The van der Waals surface area contributed by atoms with Gasteiger partial charge < -0.3 is 15.7 Å². The molecular weight excluding hydrogens is 244 g/mol. The second-order valence-corrected chi connectivity index (χ2v) is 5.24. The third-order valence-corrected chi connectivity index (χ3v) is 3.84. The molecule has 1 atom stereocenters. The standard InChI is InChI=1S/C14H16N2O3/c15-11(14(18)19)6-8-4-9-2-1-3-16-12(17)7-10(5-8)13(9)16/h4-5,11H,1-3,6-7,15H2,(H,18,19). The van der Waals surface area contributed by atoms with Crippen molar-refractivity contribution in [3.8, 4) is 0 Å². The van der Waals surface area contributed by atoms with E-state index in [1.165, 1.54) is 0 Å². The molecule has 19 heavy (non-hydrogen) atoms. The lowest BCUT2D eigenvalue weighted by molar-refractivity contribution is -0.138. The molecule has 1 amide bonds. The summed E-state index contributed by atoms with van der Waals surface area (Å²) in [7, 11) is 0. The third kappa shape index (κ3) is 2.00. The van der Waals surface area contributed by atoms with Gasteiger partial charge in [0.1, 0.15) is 6.04 Å². The van der Waals surface area contributed by atoms with Gasteiger partial charge in [0.15, 0.2) is 0 Å². The normalized spacial score (nSPS) is 18.4. The number of hydrogen-bond donors (Lipinski definition) is 2. The van der Waals surface area contributed by atoms with Gasteiger partial charge in [0.05, 0.1) is 12.1 Å². The van der Waals surface area contributed by atoms with E-state index in [0.717, 1.165) is 41.8 Å². The zero-order chi connectivity index (χ0) is 13.6. The van der Waals surface area contributed by atoms with Gasteiger partial charge in [-0.25, -0.2) is 0 Å². The van der Waals surface area contributed by atoms with Crippen molar-refractivity contribution in [1.82, 2.24) is 0 Å². The largest absolute Gasteiger partial charge is 0.480 e. The summed E-state index contributed by atoms with van der Waals surface area (Å²) in [6.45, 7) is 0.798. The lowest BCUT2D eigenvalue weighted by Gasteiger charge is -2.26. The zero-order valence-electron chi connectivity index (χ0n) is 10.6. The third-order valence-electron chi connectivity index (χ3n) is 3.84. The molecule has 0 saturated heterocycles. The molecule has 5 nitrogen and oxygen atoms in total. The number of nitrogens with two attached hydrogens (primary N) is 1. The summed E-state index contributed by atoms with van der Waals surface area (Å²) in [5, 5.41) is 8.87. The monoisotopic (exact) mass is 260 g/mol. The molecule has 3 N–H and O–H groups in total. The first-order chi connectivity index (χ1) is 9.06. The Morgan fingerprint density at radius 2 is 2.16 bits per heavy atom. The second-order valence-electron chi connectivity index (χ2n) is 5.24. The lowest BCUT2D eigenvalue weighted by Crippen LogP contribution is -2.32. The number of rotatable bonds is 3. The van der Waals surface area contributed by atoms with Gasteiger partial charge in [-0.05, 0) is 36.0 Å². The van der Waals surface area contributed by atoms with Crippen LogP contribution in [-0.4, -0.2) is 29.6 Å². The Labute approximate surface area is 111 Å². The lowest BCUT2D eigenvalue weighted by atomic mass is 9.94. The van der Waals surface area contributed by atoms with Gasteiger partial charge in [0.2, 0.25) is 5.91 Å². The SMILES string of the molecule is NC(Cc1cc2c3c(c1)CC(=O)N3CCC2)C(=O)O. The highest BCUT2D eigenvalue weighted by molar-refractivity contribution is 6.02. The van der Waals surface area contributed by atoms with Crippen LogP contribution in [0, 0.1) is 0 Å². The number of nitrogens with zero attached hydrogens (tertiary/aromatic N) is 1. The van der Waals surface area contributed by atoms with E-state index in [9.17, 15) is 9.59 Å². The van der Waals surface area contributed by atoms with E-state index in [2.05, 4.69) is 0 Å². The summed E-state index contributed by atoms with van der Waals surface area (Å²) < 4.78 is 0. The van der Waals surface area contributed by atoms with E-state index in [0.29, 0.717) is 12.8 Å². The maximum Gasteiger partial charge on any atom is 0.320 e. The highest BCUT2D eigenvalue weighted by atomic mass is 16.4. The Morgan fingerprint density at radius 1 is 1.42 bits per heavy atom. The summed E-state index contributed by atoms with van der Waals surface area (Å²) in [5.74, 6) is -0.845. The van der Waals surface area contributed by atoms with Crippen molar-refractivity contribution in [1.29, 1.82) is 0 Å². The molecule has 0 aromatic heterocycles. The minimum Gasteiger partial charge on any atom is -0.480 e. The van der Waals surface area contributed by atoms with Gasteiger partial charge in [-0.15, -0.1) is 0 Å².